The maximum Gasteiger partial charge on any atom is 0.335 e. The number of aromatic amines is 1. The number of hydrogen-bond donors (Lipinski definition) is 2. The molecule has 0 saturated heterocycles. The van der Waals surface area contributed by atoms with Crippen molar-refractivity contribution in [3.8, 4) is 11.5 Å². The zero-order chi connectivity index (χ0) is 23.4. The molecule has 9 heteroatoms. The molecule has 2 aromatic carbocycles. The topological polar surface area (TPSA) is 119 Å². The zero-order valence-electron chi connectivity index (χ0n) is 17.7. The third-order valence-corrected chi connectivity index (χ3v) is 5.98. The Balaban J connectivity index is 1.46. The van der Waals surface area contributed by atoms with Crippen LogP contribution >= 0.6 is 11.3 Å². The van der Waals surface area contributed by atoms with E-state index in [4.69, 9.17) is 14.6 Å². The number of rotatable bonds is 9. The SMILES string of the molecule is COc1cccc(CCC(=O)c2nc3scc(COc4ccc(C(=O)O)cc4)c3c(=O)[nH]2)c1. The van der Waals surface area contributed by atoms with Crippen LogP contribution in [-0.2, 0) is 13.0 Å². The number of carbonyl (C=O) groups excluding carboxylic acids is 1. The number of thiophene rings is 1. The van der Waals surface area contributed by atoms with Gasteiger partial charge in [0.15, 0.2) is 11.6 Å². The second kappa shape index (κ2) is 9.66. The summed E-state index contributed by atoms with van der Waals surface area (Å²) in [4.78, 5) is 43.7. The van der Waals surface area contributed by atoms with Crippen molar-refractivity contribution in [2.24, 2.45) is 0 Å². The van der Waals surface area contributed by atoms with E-state index in [1.165, 1.54) is 23.5 Å². The van der Waals surface area contributed by atoms with Crippen molar-refractivity contribution in [3.05, 3.63) is 86.8 Å². The number of Topliss-reactive ketones (excluding diaryl/α,β-unsaturated/α-hetero) is 1. The van der Waals surface area contributed by atoms with E-state index in [-0.39, 0.29) is 30.2 Å². The molecule has 0 fully saturated rings. The molecule has 8 nitrogen and oxygen atoms in total. The number of methoxy groups -OCH3 is 1. The van der Waals surface area contributed by atoms with Crippen molar-refractivity contribution in [1.29, 1.82) is 0 Å². The number of aromatic carboxylic acids is 1. The fourth-order valence-electron chi connectivity index (χ4n) is 3.30. The van der Waals surface area contributed by atoms with Crippen molar-refractivity contribution in [2.45, 2.75) is 19.4 Å². The molecule has 2 N–H and O–H groups in total. The van der Waals surface area contributed by atoms with Crippen molar-refractivity contribution >= 4 is 33.3 Å². The highest BCUT2D eigenvalue weighted by Gasteiger charge is 2.16. The predicted octanol–water partition coefficient (Wildman–Crippen LogP) is 4.09. The summed E-state index contributed by atoms with van der Waals surface area (Å²) in [5.41, 5.74) is 1.36. The summed E-state index contributed by atoms with van der Waals surface area (Å²) in [5, 5.41) is 11.1. The van der Waals surface area contributed by atoms with Crippen LogP contribution in [0.25, 0.3) is 10.2 Å². The van der Waals surface area contributed by atoms with Crippen LogP contribution < -0.4 is 15.0 Å². The van der Waals surface area contributed by atoms with Gasteiger partial charge >= 0.3 is 5.97 Å². The van der Waals surface area contributed by atoms with E-state index in [1.54, 1.807) is 24.6 Å². The van der Waals surface area contributed by atoms with Gasteiger partial charge in [-0.3, -0.25) is 9.59 Å². The van der Waals surface area contributed by atoms with Gasteiger partial charge in [-0.2, -0.15) is 0 Å². The quantitative estimate of drug-likeness (QED) is 0.358. The van der Waals surface area contributed by atoms with Crippen LogP contribution in [0.4, 0.5) is 0 Å². The Morgan fingerprint density at radius 2 is 1.91 bits per heavy atom. The molecule has 168 valence electrons. The van der Waals surface area contributed by atoms with Crippen LogP contribution in [0.5, 0.6) is 11.5 Å². The van der Waals surface area contributed by atoms with Gasteiger partial charge in [0.05, 0.1) is 18.1 Å². The third-order valence-electron chi connectivity index (χ3n) is 5.05. The molecule has 2 aromatic heterocycles. The molecule has 0 atom stereocenters. The monoisotopic (exact) mass is 464 g/mol. The number of ether oxygens (including phenoxy) is 2. The molecule has 0 spiro atoms. The Morgan fingerprint density at radius 1 is 1.12 bits per heavy atom. The van der Waals surface area contributed by atoms with Crippen LogP contribution in [0.15, 0.2) is 58.7 Å². The first kappa shape index (κ1) is 22.2. The number of nitrogens with zero attached hydrogens (tertiary/aromatic N) is 1. The Morgan fingerprint density at radius 3 is 2.64 bits per heavy atom. The molecule has 0 saturated carbocycles. The first-order valence-electron chi connectivity index (χ1n) is 10.1. The zero-order valence-corrected chi connectivity index (χ0v) is 18.5. The number of benzene rings is 2. The predicted molar refractivity (Wildman–Crippen MR) is 124 cm³/mol. The van der Waals surface area contributed by atoms with E-state index < -0.39 is 11.5 Å². The van der Waals surface area contributed by atoms with Gasteiger partial charge in [0.2, 0.25) is 0 Å². The minimum Gasteiger partial charge on any atom is -0.497 e. The maximum absolute atomic E-state index is 12.7. The highest BCUT2D eigenvalue weighted by Crippen LogP contribution is 2.23. The smallest absolute Gasteiger partial charge is 0.335 e. The van der Waals surface area contributed by atoms with Crippen molar-refractivity contribution in [1.82, 2.24) is 9.97 Å². The van der Waals surface area contributed by atoms with E-state index in [0.717, 1.165) is 11.3 Å². The summed E-state index contributed by atoms with van der Waals surface area (Å²) in [5.74, 6) is -0.0283. The fourth-order valence-corrected chi connectivity index (χ4v) is 4.23. The molecule has 0 aliphatic rings. The van der Waals surface area contributed by atoms with E-state index in [1.807, 2.05) is 24.3 Å². The van der Waals surface area contributed by atoms with Crippen LogP contribution in [0, 0.1) is 0 Å². The van der Waals surface area contributed by atoms with Gasteiger partial charge in [0, 0.05) is 17.4 Å². The standard InChI is InChI=1S/C24H20N2O6S/c1-31-18-4-2-3-14(11-18)5-10-19(27)21-25-22(28)20-16(13-33-23(20)26-21)12-32-17-8-6-15(7-9-17)24(29)30/h2-4,6-9,11,13H,5,10,12H2,1H3,(H,29,30)(H,25,26,28). The number of carboxylic acids is 1. The molecule has 0 radical (unpaired) electrons. The van der Waals surface area contributed by atoms with Gasteiger partial charge in [-0.1, -0.05) is 12.1 Å². The number of nitrogens with one attached hydrogen (secondary N) is 1. The van der Waals surface area contributed by atoms with Gasteiger partial charge < -0.3 is 19.6 Å². The minimum absolute atomic E-state index is 0.0361. The van der Waals surface area contributed by atoms with Crippen LogP contribution in [0.1, 0.15) is 38.5 Å². The molecule has 0 unspecified atom stereocenters. The number of aromatic nitrogens is 2. The van der Waals surface area contributed by atoms with Gasteiger partial charge in [-0.05, 0) is 48.4 Å². The number of fused-ring (bicyclic) bond motifs is 1. The molecular weight excluding hydrogens is 444 g/mol. The molecule has 0 aliphatic carbocycles. The van der Waals surface area contributed by atoms with Crippen LogP contribution in [0.3, 0.4) is 0 Å². The molecular formula is C24H20N2O6S. The number of ketones is 1. The van der Waals surface area contributed by atoms with E-state index in [9.17, 15) is 14.4 Å². The summed E-state index contributed by atoms with van der Waals surface area (Å²) in [6.07, 6.45) is 0.706. The molecule has 0 bridgehead atoms. The summed E-state index contributed by atoms with van der Waals surface area (Å²) in [6, 6.07) is 13.5. The Kier molecular flexibility index (Phi) is 6.50. The summed E-state index contributed by atoms with van der Waals surface area (Å²) in [6.45, 7) is 0.111. The first-order valence-corrected chi connectivity index (χ1v) is 10.9. The average molecular weight is 464 g/mol. The van der Waals surface area contributed by atoms with E-state index >= 15 is 0 Å². The number of aryl methyl sites for hydroxylation is 1. The second-order valence-electron chi connectivity index (χ2n) is 7.25. The third kappa shape index (κ3) is 5.09. The highest BCUT2D eigenvalue weighted by atomic mass is 32.1. The van der Waals surface area contributed by atoms with Gasteiger partial charge in [-0.15, -0.1) is 11.3 Å². The molecule has 4 aromatic rings. The lowest BCUT2D eigenvalue weighted by molar-refractivity contribution is 0.0696. The van der Waals surface area contributed by atoms with E-state index in [2.05, 4.69) is 9.97 Å². The summed E-state index contributed by atoms with van der Waals surface area (Å²) < 4.78 is 10.9. The normalized spacial score (nSPS) is 10.8. The molecule has 0 amide bonds. The Bertz CT molecular complexity index is 1370. The molecule has 33 heavy (non-hydrogen) atoms. The van der Waals surface area contributed by atoms with Crippen molar-refractivity contribution in [2.75, 3.05) is 7.11 Å². The minimum atomic E-state index is -1.02. The fraction of sp³-hybridized carbons (Fsp3) is 0.167. The molecule has 4 rings (SSSR count). The second-order valence-corrected chi connectivity index (χ2v) is 8.11. The molecule has 0 aliphatic heterocycles. The van der Waals surface area contributed by atoms with Crippen LogP contribution in [-0.4, -0.2) is 33.9 Å². The van der Waals surface area contributed by atoms with Gasteiger partial charge in [0.1, 0.15) is 22.9 Å². The lowest BCUT2D eigenvalue weighted by Gasteiger charge is -2.06. The number of hydrogen-bond acceptors (Lipinski definition) is 7. The van der Waals surface area contributed by atoms with Gasteiger partial charge in [-0.25, -0.2) is 9.78 Å². The largest absolute Gasteiger partial charge is 0.497 e. The van der Waals surface area contributed by atoms with E-state index in [0.29, 0.717) is 28.0 Å². The summed E-state index contributed by atoms with van der Waals surface area (Å²) >= 11 is 1.26. The van der Waals surface area contributed by atoms with Crippen molar-refractivity contribution in [3.63, 3.8) is 0 Å². The Labute approximate surface area is 192 Å². The van der Waals surface area contributed by atoms with Crippen LogP contribution in [0.2, 0.25) is 0 Å². The number of carbonyl (C=O) groups is 2. The molecule has 2 heterocycles. The van der Waals surface area contributed by atoms with Crippen molar-refractivity contribution < 1.29 is 24.2 Å². The highest BCUT2D eigenvalue weighted by molar-refractivity contribution is 7.16. The average Bonchev–Trinajstić information content (AvgIpc) is 3.25. The lowest BCUT2D eigenvalue weighted by atomic mass is 10.1. The van der Waals surface area contributed by atoms with Gasteiger partial charge in [0.25, 0.3) is 5.56 Å². The summed E-state index contributed by atoms with van der Waals surface area (Å²) in [7, 11) is 1.59. The number of carboxylic acid groups (broad SMARTS) is 1. The maximum atomic E-state index is 12.7. The number of H-pyrrole nitrogens is 1. The lowest BCUT2D eigenvalue weighted by Crippen LogP contribution is -2.16. The Hall–Kier alpha value is -3.98. The first-order chi connectivity index (χ1) is 15.9.